The number of benzene rings is 2. The zero-order valence-corrected chi connectivity index (χ0v) is 16.8. The average molecular weight is 376 g/mol. The average Bonchev–Trinajstić information content (AvgIpc) is 3.15. The molecule has 1 aliphatic rings. The smallest absolute Gasteiger partial charge is 0.118 e. The number of piperidine rings is 1. The molecule has 4 heteroatoms. The number of H-pyrrole nitrogens is 1. The third-order valence-electron chi connectivity index (χ3n) is 5.97. The first kappa shape index (κ1) is 18.8. The molecule has 4 rings (SSSR count). The Bertz CT molecular complexity index is 878. The van der Waals surface area contributed by atoms with Crippen LogP contribution < -0.4 is 4.74 Å². The number of nitrogens with one attached hydrogen (secondary N) is 1. The van der Waals surface area contributed by atoms with Crippen molar-refractivity contribution in [1.82, 2.24) is 15.1 Å². The summed E-state index contributed by atoms with van der Waals surface area (Å²) in [4.78, 5) is 2.59. The molecule has 0 bridgehead atoms. The molecule has 1 aromatic heterocycles. The summed E-state index contributed by atoms with van der Waals surface area (Å²) in [5, 5.41) is 7.97. The Kier molecular flexibility index (Phi) is 5.77. The zero-order valence-electron chi connectivity index (χ0n) is 16.8. The van der Waals surface area contributed by atoms with Gasteiger partial charge in [-0.15, -0.1) is 0 Å². The van der Waals surface area contributed by atoms with E-state index in [1.807, 2.05) is 18.2 Å². The van der Waals surface area contributed by atoms with Crippen molar-refractivity contribution in [1.29, 1.82) is 0 Å². The van der Waals surface area contributed by atoms with E-state index in [9.17, 15) is 0 Å². The number of nitrogens with zero attached hydrogens (tertiary/aromatic N) is 2. The Balaban J connectivity index is 1.32. The van der Waals surface area contributed by atoms with Gasteiger partial charge >= 0.3 is 0 Å². The van der Waals surface area contributed by atoms with Gasteiger partial charge in [-0.2, -0.15) is 5.10 Å². The molecule has 1 N–H and O–H groups in total. The lowest BCUT2D eigenvalue weighted by atomic mass is 9.90. The van der Waals surface area contributed by atoms with E-state index in [1.165, 1.54) is 35.2 Å². The van der Waals surface area contributed by atoms with Gasteiger partial charge in [0.1, 0.15) is 5.75 Å². The van der Waals surface area contributed by atoms with Crippen LogP contribution in [0.4, 0.5) is 0 Å². The SMILES string of the molecule is COc1ccc(CCN2CCC(c3[nH]nc(-c4ccccc4)c3C)CC2)cc1. The molecular weight excluding hydrogens is 346 g/mol. The minimum absolute atomic E-state index is 0.585. The number of ether oxygens (including phenoxy) is 1. The fourth-order valence-electron chi connectivity index (χ4n) is 4.21. The Morgan fingerprint density at radius 2 is 1.75 bits per heavy atom. The Labute approximate surface area is 167 Å². The molecule has 0 aliphatic carbocycles. The molecule has 0 radical (unpaired) electrons. The van der Waals surface area contributed by atoms with Crippen LogP contribution >= 0.6 is 0 Å². The predicted octanol–water partition coefficient (Wildman–Crippen LogP) is 4.82. The molecule has 0 amide bonds. The number of methoxy groups -OCH3 is 1. The molecule has 0 saturated carbocycles. The van der Waals surface area contributed by atoms with Crippen LogP contribution in [0.5, 0.6) is 5.75 Å². The molecule has 0 atom stereocenters. The minimum atomic E-state index is 0.585. The lowest BCUT2D eigenvalue weighted by Gasteiger charge is -2.31. The zero-order chi connectivity index (χ0) is 19.3. The maximum Gasteiger partial charge on any atom is 0.118 e. The number of likely N-dealkylation sites (tertiary alicyclic amines) is 1. The third kappa shape index (κ3) is 4.12. The summed E-state index contributed by atoms with van der Waals surface area (Å²) in [6, 6.07) is 18.9. The molecule has 4 nitrogen and oxygen atoms in total. The lowest BCUT2D eigenvalue weighted by Crippen LogP contribution is -2.34. The van der Waals surface area contributed by atoms with Gasteiger partial charge < -0.3 is 9.64 Å². The lowest BCUT2D eigenvalue weighted by molar-refractivity contribution is 0.213. The second-order valence-corrected chi connectivity index (χ2v) is 7.69. The number of rotatable bonds is 6. The first-order valence-electron chi connectivity index (χ1n) is 10.2. The number of hydrogen-bond acceptors (Lipinski definition) is 3. The van der Waals surface area contributed by atoms with Gasteiger partial charge in [0.25, 0.3) is 0 Å². The van der Waals surface area contributed by atoms with Crippen LogP contribution in [0.3, 0.4) is 0 Å². The topological polar surface area (TPSA) is 41.1 Å². The van der Waals surface area contributed by atoms with E-state index in [0.29, 0.717) is 5.92 Å². The third-order valence-corrected chi connectivity index (χ3v) is 5.97. The molecule has 0 spiro atoms. The highest BCUT2D eigenvalue weighted by atomic mass is 16.5. The molecular formula is C24H29N3O. The molecule has 1 saturated heterocycles. The summed E-state index contributed by atoms with van der Waals surface area (Å²) in [7, 11) is 1.71. The summed E-state index contributed by atoms with van der Waals surface area (Å²) >= 11 is 0. The van der Waals surface area contributed by atoms with Gasteiger partial charge in [-0.05, 0) is 62.5 Å². The number of hydrogen-bond donors (Lipinski definition) is 1. The molecule has 3 aromatic rings. The van der Waals surface area contributed by atoms with Crippen molar-refractivity contribution in [2.24, 2.45) is 0 Å². The second-order valence-electron chi connectivity index (χ2n) is 7.69. The van der Waals surface area contributed by atoms with Gasteiger partial charge in [0.15, 0.2) is 0 Å². The maximum absolute atomic E-state index is 5.24. The van der Waals surface area contributed by atoms with Crippen LogP contribution in [0.1, 0.15) is 35.6 Å². The second kappa shape index (κ2) is 8.61. The van der Waals surface area contributed by atoms with Gasteiger partial charge in [0.2, 0.25) is 0 Å². The van der Waals surface area contributed by atoms with E-state index in [4.69, 9.17) is 4.74 Å². The molecule has 0 unspecified atom stereocenters. The normalized spacial score (nSPS) is 15.6. The van der Waals surface area contributed by atoms with Crippen molar-refractivity contribution in [3.63, 3.8) is 0 Å². The van der Waals surface area contributed by atoms with Crippen molar-refractivity contribution < 1.29 is 4.74 Å². The first-order chi connectivity index (χ1) is 13.7. The summed E-state index contributed by atoms with van der Waals surface area (Å²) in [5.41, 5.74) is 6.30. The van der Waals surface area contributed by atoms with Crippen molar-refractivity contribution in [3.05, 3.63) is 71.4 Å². The van der Waals surface area contributed by atoms with E-state index in [-0.39, 0.29) is 0 Å². The summed E-state index contributed by atoms with van der Waals surface area (Å²) < 4.78 is 5.24. The van der Waals surface area contributed by atoms with Gasteiger partial charge in [0, 0.05) is 23.7 Å². The Morgan fingerprint density at radius 3 is 2.43 bits per heavy atom. The summed E-state index contributed by atoms with van der Waals surface area (Å²) in [5.74, 6) is 1.51. The largest absolute Gasteiger partial charge is 0.497 e. The van der Waals surface area contributed by atoms with Crippen LogP contribution in [0.2, 0.25) is 0 Å². The van der Waals surface area contributed by atoms with Crippen LogP contribution in [0.15, 0.2) is 54.6 Å². The predicted molar refractivity (Wildman–Crippen MR) is 114 cm³/mol. The van der Waals surface area contributed by atoms with E-state index >= 15 is 0 Å². The highest BCUT2D eigenvalue weighted by Crippen LogP contribution is 2.33. The number of aromatic nitrogens is 2. The highest BCUT2D eigenvalue weighted by Gasteiger charge is 2.24. The van der Waals surface area contributed by atoms with Gasteiger partial charge in [0.05, 0.1) is 12.8 Å². The minimum Gasteiger partial charge on any atom is -0.497 e. The Hall–Kier alpha value is -2.59. The van der Waals surface area contributed by atoms with Crippen LogP contribution in [0, 0.1) is 6.92 Å². The molecule has 28 heavy (non-hydrogen) atoms. The van der Waals surface area contributed by atoms with Crippen molar-refractivity contribution in [2.75, 3.05) is 26.7 Å². The van der Waals surface area contributed by atoms with Gasteiger partial charge in [-0.3, -0.25) is 5.10 Å². The first-order valence-corrected chi connectivity index (χ1v) is 10.2. The molecule has 1 fully saturated rings. The monoisotopic (exact) mass is 375 g/mol. The number of aromatic amines is 1. The van der Waals surface area contributed by atoms with E-state index in [0.717, 1.165) is 37.5 Å². The standard InChI is InChI=1S/C24H29N3O/c1-18-23(20-6-4-3-5-7-20)25-26-24(18)21-13-16-27(17-14-21)15-12-19-8-10-22(28-2)11-9-19/h3-11,21H,12-17H2,1-2H3,(H,25,26). The Morgan fingerprint density at radius 1 is 1.04 bits per heavy atom. The maximum atomic E-state index is 5.24. The highest BCUT2D eigenvalue weighted by molar-refractivity contribution is 5.63. The quantitative estimate of drug-likeness (QED) is 0.672. The van der Waals surface area contributed by atoms with Gasteiger partial charge in [-0.1, -0.05) is 42.5 Å². The van der Waals surface area contributed by atoms with Crippen molar-refractivity contribution in [3.8, 4) is 17.0 Å². The molecule has 2 heterocycles. The molecule has 2 aromatic carbocycles. The molecule has 1 aliphatic heterocycles. The van der Waals surface area contributed by atoms with Crippen LogP contribution in [-0.2, 0) is 6.42 Å². The van der Waals surface area contributed by atoms with Crippen molar-refractivity contribution in [2.45, 2.75) is 32.1 Å². The van der Waals surface area contributed by atoms with E-state index in [2.05, 4.69) is 58.4 Å². The fourth-order valence-corrected chi connectivity index (χ4v) is 4.21. The van der Waals surface area contributed by atoms with Crippen LogP contribution in [-0.4, -0.2) is 41.8 Å². The van der Waals surface area contributed by atoms with E-state index < -0.39 is 0 Å². The van der Waals surface area contributed by atoms with Gasteiger partial charge in [-0.25, -0.2) is 0 Å². The fraction of sp³-hybridized carbons (Fsp3) is 0.375. The van der Waals surface area contributed by atoms with E-state index in [1.54, 1.807) is 7.11 Å². The van der Waals surface area contributed by atoms with Crippen molar-refractivity contribution >= 4 is 0 Å². The van der Waals surface area contributed by atoms with Crippen LogP contribution in [0.25, 0.3) is 11.3 Å². The summed E-state index contributed by atoms with van der Waals surface area (Å²) in [6.45, 7) is 5.63. The summed E-state index contributed by atoms with van der Waals surface area (Å²) in [6.07, 6.45) is 3.48. The molecule has 146 valence electrons.